The second kappa shape index (κ2) is 13.3. The molecule has 9 nitrogen and oxygen atoms in total. The maximum Gasteiger partial charge on any atom is 0.254 e. The number of amides is 2. The summed E-state index contributed by atoms with van der Waals surface area (Å²) < 4.78 is 27.5. The number of hydrogen-bond donors (Lipinski definition) is 1. The van der Waals surface area contributed by atoms with Crippen molar-refractivity contribution in [2.45, 2.75) is 31.7 Å². The van der Waals surface area contributed by atoms with Crippen LogP contribution in [0.15, 0.2) is 54.6 Å². The lowest BCUT2D eigenvalue weighted by atomic mass is 9.79. The van der Waals surface area contributed by atoms with Crippen LogP contribution in [0.2, 0.25) is 0 Å². The van der Waals surface area contributed by atoms with E-state index >= 15 is 0 Å². The van der Waals surface area contributed by atoms with E-state index in [2.05, 4.69) is 5.32 Å². The van der Waals surface area contributed by atoms with E-state index in [1.54, 1.807) is 46.5 Å². The van der Waals surface area contributed by atoms with Gasteiger partial charge in [-0.3, -0.25) is 9.59 Å². The lowest BCUT2D eigenvalue weighted by Gasteiger charge is -2.42. The molecular weight excluding hydrogens is 524 g/mol. The highest BCUT2D eigenvalue weighted by Crippen LogP contribution is 2.47. The largest absolute Gasteiger partial charge is 0.493 e. The van der Waals surface area contributed by atoms with Crippen molar-refractivity contribution in [2.24, 2.45) is 0 Å². The Balaban J connectivity index is 1.73. The maximum atomic E-state index is 14.1. The van der Waals surface area contributed by atoms with Gasteiger partial charge in [0.15, 0.2) is 23.0 Å². The molecule has 0 aliphatic carbocycles. The summed E-state index contributed by atoms with van der Waals surface area (Å²) in [5.41, 5.74) is 2.93. The average Bonchev–Trinajstić information content (AvgIpc) is 3.01. The molecule has 0 fully saturated rings. The third-order valence-electron chi connectivity index (χ3n) is 7.38. The first kappa shape index (κ1) is 29.6. The molecule has 1 aliphatic rings. The number of ether oxygens (including phenoxy) is 5. The van der Waals surface area contributed by atoms with E-state index in [9.17, 15) is 9.59 Å². The normalized spacial score (nSPS) is 16.0. The summed E-state index contributed by atoms with van der Waals surface area (Å²) >= 11 is 0. The molecule has 4 rings (SSSR count). The standard InChI is InChI=1S/C32H38N2O7/c1-7-16-34-29(21-18-26(39-4)30(41-6)27(19-21)40-5)28(22-10-8-9-11-23(22)32(34)36)31(35)33-15-14-20-12-13-24(37-2)25(17-20)38-3/h8-13,17-19,28-29H,7,14-16H2,1-6H3,(H,33,35)/t28-,29-/m1/s1. The van der Waals surface area contributed by atoms with E-state index in [1.807, 2.05) is 55.5 Å². The number of methoxy groups -OCH3 is 5. The monoisotopic (exact) mass is 562 g/mol. The van der Waals surface area contributed by atoms with E-state index in [0.29, 0.717) is 59.4 Å². The number of nitrogens with zero attached hydrogens (tertiary/aromatic N) is 1. The molecule has 3 aromatic rings. The predicted octanol–water partition coefficient (Wildman–Crippen LogP) is 4.78. The summed E-state index contributed by atoms with van der Waals surface area (Å²) in [6, 6.07) is 16.1. The van der Waals surface area contributed by atoms with Crippen molar-refractivity contribution >= 4 is 11.8 Å². The molecule has 0 radical (unpaired) electrons. The Kier molecular flexibility index (Phi) is 9.60. The van der Waals surface area contributed by atoms with Gasteiger partial charge < -0.3 is 33.9 Å². The van der Waals surface area contributed by atoms with E-state index in [0.717, 1.165) is 17.5 Å². The molecule has 1 N–H and O–H groups in total. The van der Waals surface area contributed by atoms with Crippen LogP contribution < -0.4 is 29.0 Å². The first-order valence-electron chi connectivity index (χ1n) is 13.6. The number of fused-ring (bicyclic) bond motifs is 1. The molecule has 0 unspecified atom stereocenters. The van der Waals surface area contributed by atoms with Gasteiger partial charge in [-0.25, -0.2) is 0 Å². The Hall–Kier alpha value is -4.40. The van der Waals surface area contributed by atoms with Crippen LogP contribution in [0.25, 0.3) is 0 Å². The lowest BCUT2D eigenvalue weighted by Crippen LogP contribution is -2.47. The predicted molar refractivity (Wildman–Crippen MR) is 156 cm³/mol. The second-order valence-electron chi connectivity index (χ2n) is 9.70. The molecular formula is C32H38N2O7. The molecule has 1 heterocycles. The highest BCUT2D eigenvalue weighted by atomic mass is 16.5. The van der Waals surface area contributed by atoms with Crippen molar-refractivity contribution in [1.29, 1.82) is 0 Å². The minimum absolute atomic E-state index is 0.115. The van der Waals surface area contributed by atoms with Gasteiger partial charge in [-0.05, 0) is 59.9 Å². The third-order valence-corrected chi connectivity index (χ3v) is 7.38. The van der Waals surface area contributed by atoms with E-state index in [-0.39, 0.29) is 11.8 Å². The van der Waals surface area contributed by atoms with Crippen molar-refractivity contribution in [3.05, 3.63) is 76.9 Å². The van der Waals surface area contributed by atoms with Gasteiger partial charge in [0.25, 0.3) is 5.91 Å². The van der Waals surface area contributed by atoms with Crippen molar-refractivity contribution in [3.8, 4) is 28.7 Å². The zero-order valence-corrected chi connectivity index (χ0v) is 24.5. The Bertz CT molecular complexity index is 1370. The molecule has 9 heteroatoms. The van der Waals surface area contributed by atoms with Gasteiger partial charge in [-0.2, -0.15) is 0 Å². The molecule has 0 saturated heterocycles. The zero-order valence-electron chi connectivity index (χ0n) is 24.5. The maximum absolute atomic E-state index is 14.1. The molecule has 41 heavy (non-hydrogen) atoms. The molecule has 2 atom stereocenters. The van der Waals surface area contributed by atoms with Crippen LogP contribution in [-0.4, -0.2) is 65.4 Å². The fourth-order valence-corrected chi connectivity index (χ4v) is 5.48. The first-order chi connectivity index (χ1) is 19.9. The second-order valence-corrected chi connectivity index (χ2v) is 9.70. The van der Waals surface area contributed by atoms with Crippen LogP contribution in [0.1, 0.15) is 52.4 Å². The molecule has 0 bridgehead atoms. The van der Waals surface area contributed by atoms with E-state index in [1.165, 1.54) is 0 Å². The molecule has 218 valence electrons. The molecule has 3 aromatic carbocycles. The van der Waals surface area contributed by atoms with E-state index < -0.39 is 12.0 Å². The Labute approximate surface area is 241 Å². The Morgan fingerprint density at radius 1 is 0.829 bits per heavy atom. The molecule has 0 aromatic heterocycles. The van der Waals surface area contributed by atoms with Gasteiger partial charge in [0, 0.05) is 18.7 Å². The van der Waals surface area contributed by atoms with Crippen LogP contribution in [0, 0.1) is 0 Å². The van der Waals surface area contributed by atoms with Gasteiger partial charge >= 0.3 is 0 Å². The van der Waals surface area contributed by atoms with Crippen LogP contribution >= 0.6 is 0 Å². The van der Waals surface area contributed by atoms with Gasteiger partial charge in [0.1, 0.15) is 0 Å². The van der Waals surface area contributed by atoms with Crippen LogP contribution in [0.5, 0.6) is 28.7 Å². The highest BCUT2D eigenvalue weighted by Gasteiger charge is 2.44. The van der Waals surface area contributed by atoms with Gasteiger partial charge in [0.05, 0.1) is 47.5 Å². The van der Waals surface area contributed by atoms with Crippen molar-refractivity contribution in [2.75, 3.05) is 48.6 Å². The smallest absolute Gasteiger partial charge is 0.254 e. The molecule has 0 spiro atoms. The highest BCUT2D eigenvalue weighted by molar-refractivity contribution is 6.01. The number of carbonyl (C=O) groups is 2. The van der Waals surface area contributed by atoms with E-state index in [4.69, 9.17) is 23.7 Å². The summed E-state index contributed by atoms with van der Waals surface area (Å²) in [6.07, 6.45) is 1.31. The average molecular weight is 563 g/mol. The minimum Gasteiger partial charge on any atom is -0.493 e. The number of hydrogen-bond acceptors (Lipinski definition) is 7. The number of nitrogens with one attached hydrogen (secondary N) is 1. The zero-order chi connectivity index (χ0) is 29.5. The summed E-state index contributed by atoms with van der Waals surface area (Å²) in [4.78, 5) is 29.6. The fourth-order valence-electron chi connectivity index (χ4n) is 5.48. The minimum atomic E-state index is -0.663. The topological polar surface area (TPSA) is 95.6 Å². The Morgan fingerprint density at radius 2 is 1.49 bits per heavy atom. The Morgan fingerprint density at radius 3 is 2.10 bits per heavy atom. The summed E-state index contributed by atoms with van der Waals surface area (Å²) in [5, 5.41) is 3.13. The number of benzene rings is 3. The third kappa shape index (κ3) is 5.89. The van der Waals surface area contributed by atoms with Gasteiger partial charge in [-0.1, -0.05) is 31.2 Å². The summed E-state index contributed by atoms with van der Waals surface area (Å²) in [7, 11) is 7.82. The summed E-state index contributed by atoms with van der Waals surface area (Å²) in [5.74, 6) is 1.68. The number of rotatable bonds is 12. The summed E-state index contributed by atoms with van der Waals surface area (Å²) in [6.45, 7) is 2.89. The SMILES string of the molecule is CCCN1C(=O)c2ccccc2[C@@H](C(=O)NCCc2ccc(OC)c(OC)c2)[C@H]1c1cc(OC)c(OC)c(OC)c1. The van der Waals surface area contributed by atoms with Crippen molar-refractivity contribution in [3.63, 3.8) is 0 Å². The first-order valence-corrected chi connectivity index (χ1v) is 13.6. The van der Waals surface area contributed by atoms with Crippen molar-refractivity contribution < 1.29 is 33.3 Å². The number of carbonyl (C=O) groups excluding carboxylic acids is 2. The molecule has 1 aliphatic heterocycles. The van der Waals surface area contributed by atoms with Crippen LogP contribution in [-0.2, 0) is 11.2 Å². The van der Waals surface area contributed by atoms with Crippen molar-refractivity contribution in [1.82, 2.24) is 10.2 Å². The van der Waals surface area contributed by atoms with Crippen LogP contribution in [0.4, 0.5) is 0 Å². The fraction of sp³-hybridized carbons (Fsp3) is 0.375. The van der Waals surface area contributed by atoms with Gasteiger partial charge in [-0.15, -0.1) is 0 Å². The van der Waals surface area contributed by atoms with Crippen LogP contribution in [0.3, 0.4) is 0 Å². The molecule has 0 saturated carbocycles. The quantitative estimate of drug-likeness (QED) is 0.340. The lowest BCUT2D eigenvalue weighted by molar-refractivity contribution is -0.124. The van der Waals surface area contributed by atoms with Gasteiger partial charge in [0.2, 0.25) is 11.7 Å². The molecule has 2 amide bonds.